The third-order valence-electron chi connectivity index (χ3n) is 7.37. The van der Waals surface area contributed by atoms with Crippen LogP contribution in [0.3, 0.4) is 0 Å². The van der Waals surface area contributed by atoms with E-state index in [2.05, 4.69) is 134 Å². The van der Waals surface area contributed by atoms with E-state index in [4.69, 9.17) is 0 Å². The second-order valence-electron chi connectivity index (χ2n) is 10.7. The van der Waals surface area contributed by atoms with E-state index in [0.29, 0.717) is 11.8 Å². The Hall–Kier alpha value is -3.52. The molecule has 1 aromatic heterocycles. The molecular formula is C34H38N2+2. The van der Waals surface area contributed by atoms with Crippen LogP contribution >= 0.6 is 0 Å². The Bertz CT molecular complexity index is 1440. The summed E-state index contributed by atoms with van der Waals surface area (Å²) in [6, 6.07) is 35.7. The third kappa shape index (κ3) is 4.91. The summed E-state index contributed by atoms with van der Waals surface area (Å²) < 4.78 is 5.02. The van der Waals surface area contributed by atoms with E-state index < -0.39 is 0 Å². The van der Waals surface area contributed by atoms with Crippen LogP contribution in [0.25, 0.3) is 22.1 Å². The molecule has 0 atom stereocenters. The maximum Gasteiger partial charge on any atom is 0.278 e. The monoisotopic (exact) mass is 474 g/mol. The highest BCUT2D eigenvalue weighted by Gasteiger charge is 2.27. The minimum Gasteiger partial charge on any atom is -0.177 e. The molecule has 0 fully saturated rings. The van der Waals surface area contributed by atoms with Gasteiger partial charge in [0.05, 0.1) is 0 Å². The molecule has 0 aliphatic rings. The van der Waals surface area contributed by atoms with Crippen LogP contribution in [0.2, 0.25) is 0 Å². The Balaban J connectivity index is 1.68. The van der Waals surface area contributed by atoms with Gasteiger partial charge in [-0.1, -0.05) is 100 Å². The van der Waals surface area contributed by atoms with Crippen molar-refractivity contribution >= 4 is 22.1 Å². The van der Waals surface area contributed by atoms with Crippen molar-refractivity contribution in [3.63, 3.8) is 0 Å². The zero-order valence-electron chi connectivity index (χ0n) is 22.1. The summed E-state index contributed by atoms with van der Waals surface area (Å²) in [5.41, 5.74) is 10.8. The number of aryl methyl sites for hydroxylation is 1. The number of aromatic nitrogens is 2. The third-order valence-corrected chi connectivity index (χ3v) is 7.37. The highest BCUT2D eigenvalue weighted by Crippen LogP contribution is 2.22. The molecule has 0 amide bonds. The maximum absolute atomic E-state index is 2.52. The highest BCUT2D eigenvalue weighted by molar-refractivity contribution is 5.76. The molecule has 0 saturated heterocycles. The lowest BCUT2D eigenvalue weighted by atomic mass is 9.97. The predicted octanol–water partition coefficient (Wildman–Crippen LogP) is 7.38. The molecule has 0 aliphatic heterocycles. The van der Waals surface area contributed by atoms with Gasteiger partial charge in [0.2, 0.25) is 0 Å². The summed E-state index contributed by atoms with van der Waals surface area (Å²) in [7, 11) is 0. The number of para-hydroxylation sites is 4. The molecule has 0 radical (unpaired) electrons. The van der Waals surface area contributed by atoms with Crippen LogP contribution in [0.5, 0.6) is 0 Å². The molecule has 0 N–H and O–H groups in total. The fraction of sp³-hybridized carbons (Fsp3) is 0.294. The Morgan fingerprint density at radius 1 is 0.500 bits per heavy atom. The average Bonchev–Trinajstić information content (AvgIpc) is 2.90. The minimum absolute atomic E-state index is 0.496. The molecule has 2 heteroatoms. The van der Waals surface area contributed by atoms with Gasteiger partial charge in [-0.2, -0.15) is 9.13 Å². The average molecular weight is 475 g/mol. The quantitative estimate of drug-likeness (QED) is 0.164. The van der Waals surface area contributed by atoms with Crippen LogP contribution in [0.15, 0.2) is 97.1 Å². The van der Waals surface area contributed by atoms with Gasteiger partial charge in [-0.05, 0) is 35.8 Å². The van der Waals surface area contributed by atoms with Gasteiger partial charge in [0.1, 0.15) is 0 Å². The molecule has 0 bridgehead atoms. The molecule has 5 rings (SSSR count). The van der Waals surface area contributed by atoms with Crippen molar-refractivity contribution < 1.29 is 9.13 Å². The molecule has 0 spiro atoms. The summed E-state index contributed by atoms with van der Waals surface area (Å²) >= 11 is 0. The van der Waals surface area contributed by atoms with Crippen molar-refractivity contribution in [2.24, 2.45) is 5.92 Å². The minimum atomic E-state index is 0.496. The van der Waals surface area contributed by atoms with E-state index in [1.54, 1.807) is 0 Å². The van der Waals surface area contributed by atoms with Gasteiger partial charge in [-0.15, -0.1) is 0 Å². The van der Waals surface area contributed by atoms with Crippen LogP contribution < -0.4 is 9.13 Å². The molecule has 36 heavy (non-hydrogen) atoms. The SMILES string of the molecule is CC(C)CCc1ccccc1C[n+]1c2ccccc2[n+](Cc2ccccc2C(C)C)c2ccccc21. The maximum atomic E-state index is 2.52. The number of rotatable bonds is 8. The second-order valence-corrected chi connectivity index (χ2v) is 10.7. The molecule has 0 aliphatic carbocycles. The lowest BCUT2D eigenvalue weighted by molar-refractivity contribution is -0.675. The van der Waals surface area contributed by atoms with Gasteiger partial charge in [0.15, 0.2) is 13.1 Å². The predicted molar refractivity (Wildman–Crippen MR) is 150 cm³/mol. The molecule has 5 aromatic rings. The van der Waals surface area contributed by atoms with Crippen molar-refractivity contribution in [3.05, 3.63) is 119 Å². The van der Waals surface area contributed by atoms with Gasteiger partial charge in [0, 0.05) is 35.4 Å². The zero-order chi connectivity index (χ0) is 25.1. The fourth-order valence-corrected chi connectivity index (χ4v) is 5.42. The normalized spacial score (nSPS) is 11.7. The van der Waals surface area contributed by atoms with Gasteiger partial charge in [-0.3, -0.25) is 0 Å². The van der Waals surface area contributed by atoms with Crippen LogP contribution in [0.1, 0.15) is 62.3 Å². The van der Waals surface area contributed by atoms with Gasteiger partial charge in [0.25, 0.3) is 22.1 Å². The van der Waals surface area contributed by atoms with E-state index >= 15 is 0 Å². The van der Waals surface area contributed by atoms with Gasteiger partial charge in [-0.25, -0.2) is 0 Å². The van der Waals surface area contributed by atoms with Crippen LogP contribution in [0, 0.1) is 5.92 Å². The molecule has 2 nitrogen and oxygen atoms in total. The zero-order valence-corrected chi connectivity index (χ0v) is 22.1. The largest absolute Gasteiger partial charge is 0.278 e. The molecular weight excluding hydrogens is 436 g/mol. The number of fused-ring (bicyclic) bond motifs is 2. The van der Waals surface area contributed by atoms with Crippen molar-refractivity contribution in [1.82, 2.24) is 0 Å². The van der Waals surface area contributed by atoms with Gasteiger partial charge < -0.3 is 0 Å². The Morgan fingerprint density at radius 3 is 1.42 bits per heavy atom. The van der Waals surface area contributed by atoms with Crippen LogP contribution in [-0.4, -0.2) is 0 Å². The first-order valence-electron chi connectivity index (χ1n) is 13.4. The van der Waals surface area contributed by atoms with E-state index in [1.165, 1.54) is 50.7 Å². The lowest BCUT2D eigenvalue weighted by Crippen LogP contribution is -2.46. The summed E-state index contributed by atoms with van der Waals surface area (Å²) in [5, 5.41) is 0. The number of hydrogen-bond donors (Lipinski definition) is 0. The molecule has 4 aromatic carbocycles. The summed E-state index contributed by atoms with van der Waals surface area (Å²) in [4.78, 5) is 0. The lowest BCUT2D eigenvalue weighted by Gasteiger charge is -2.13. The molecule has 0 saturated carbocycles. The van der Waals surface area contributed by atoms with E-state index in [-0.39, 0.29) is 0 Å². The van der Waals surface area contributed by atoms with Crippen molar-refractivity contribution in [1.29, 1.82) is 0 Å². The van der Waals surface area contributed by atoms with Gasteiger partial charge >= 0.3 is 0 Å². The van der Waals surface area contributed by atoms with Crippen LogP contribution in [-0.2, 0) is 19.5 Å². The molecule has 1 heterocycles. The first-order valence-corrected chi connectivity index (χ1v) is 13.4. The van der Waals surface area contributed by atoms with Crippen molar-refractivity contribution in [3.8, 4) is 0 Å². The Morgan fingerprint density at radius 2 is 0.917 bits per heavy atom. The van der Waals surface area contributed by atoms with Crippen LogP contribution in [0.4, 0.5) is 0 Å². The Kier molecular flexibility index (Phi) is 7.13. The topological polar surface area (TPSA) is 7.76 Å². The summed E-state index contributed by atoms with van der Waals surface area (Å²) in [6.07, 6.45) is 2.34. The molecule has 182 valence electrons. The summed E-state index contributed by atoms with van der Waals surface area (Å²) in [6.45, 7) is 10.9. The first kappa shape index (κ1) is 24.2. The van der Waals surface area contributed by atoms with E-state index in [0.717, 1.165) is 19.5 Å². The smallest absolute Gasteiger partial charge is 0.177 e. The number of nitrogens with zero attached hydrogens (tertiary/aromatic N) is 2. The number of hydrogen-bond acceptors (Lipinski definition) is 0. The number of benzene rings is 4. The Labute approximate surface area is 215 Å². The van der Waals surface area contributed by atoms with E-state index in [9.17, 15) is 0 Å². The second kappa shape index (κ2) is 10.6. The highest BCUT2D eigenvalue weighted by atomic mass is 15.1. The van der Waals surface area contributed by atoms with Crippen molar-refractivity contribution in [2.75, 3.05) is 0 Å². The fourth-order valence-electron chi connectivity index (χ4n) is 5.42. The van der Waals surface area contributed by atoms with E-state index in [1.807, 2.05) is 0 Å². The molecule has 0 unspecified atom stereocenters. The first-order chi connectivity index (χ1) is 17.5. The standard InChI is InChI=1S/C34H38N2/c1-25(2)21-22-27-13-5-6-14-28(27)23-35-31-17-9-11-19-33(31)36(34-20-12-10-18-32(34)35)24-29-15-7-8-16-30(29)26(3)4/h5-20,25-26H,21-24H2,1-4H3/q+2. The van der Waals surface area contributed by atoms with Crippen molar-refractivity contribution in [2.45, 2.75) is 59.5 Å². The summed E-state index contributed by atoms with van der Waals surface area (Å²) in [5.74, 6) is 1.20.